The van der Waals surface area contributed by atoms with Crippen LogP contribution in [0.15, 0.2) is 54.5 Å². The van der Waals surface area contributed by atoms with E-state index in [-0.39, 0.29) is 18.4 Å². The van der Waals surface area contributed by atoms with Crippen LogP contribution < -0.4 is 4.74 Å². The SMILES string of the molecule is COc1ccc(C2=C(N3CCCC3)C(=O)N(Cc3cccnc3)C2=O)cc1. The minimum Gasteiger partial charge on any atom is -0.497 e. The Morgan fingerprint density at radius 2 is 1.78 bits per heavy atom. The minimum atomic E-state index is -0.254. The molecular formula is C21H21N3O3. The highest BCUT2D eigenvalue weighted by Crippen LogP contribution is 2.34. The van der Waals surface area contributed by atoms with Gasteiger partial charge in [0.25, 0.3) is 11.8 Å². The van der Waals surface area contributed by atoms with Crippen molar-refractivity contribution >= 4 is 17.4 Å². The lowest BCUT2D eigenvalue weighted by Gasteiger charge is -2.20. The van der Waals surface area contributed by atoms with Gasteiger partial charge in [-0.2, -0.15) is 0 Å². The van der Waals surface area contributed by atoms with E-state index in [9.17, 15) is 9.59 Å². The minimum absolute atomic E-state index is 0.225. The summed E-state index contributed by atoms with van der Waals surface area (Å²) in [6, 6.07) is 11.0. The van der Waals surface area contributed by atoms with Gasteiger partial charge in [-0.15, -0.1) is 0 Å². The number of imide groups is 1. The Hall–Kier alpha value is -3.15. The summed E-state index contributed by atoms with van der Waals surface area (Å²) in [4.78, 5) is 33.8. The van der Waals surface area contributed by atoms with Crippen molar-refractivity contribution in [3.05, 3.63) is 65.6 Å². The van der Waals surface area contributed by atoms with Crippen LogP contribution in [-0.2, 0) is 16.1 Å². The van der Waals surface area contributed by atoms with Crippen LogP contribution in [0.2, 0.25) is 0 Å². The molecule has 6 nitrogen and oxygen atoms in total. The maximum Gasteiger partial charge on any atom is 0.278 e. The van der Waals surface area contributed by atoms with Gasteiger partial charge in [-0.05, 0) is 42.2 Å². The zero-order valence-corrected chi connectivity index (χ0v) is 15.2. The van der Waals surface area contributed by atoms with Gasteiger partial charge in [0.05, 0.1) is 19.2 Å². The molecule has 0 N–H and O–H groups in total. The molecule has 4 rings (SSSR count). The van der Waals surface area contributed by atoms with Gasteiger partial charge in [0.1, 0.15) is 11.4 Å². The van der Waals surface area contributed by atoms with Crippen LogP contribution in [0.3, 0.4) is 0 Å². The summed E-state index contributed by atoms with van der Waals surface area (Å²) in [6.07, 6.45) is 5.42. The molecule has 0 atom stereocenters. The molecule has 1 aromatic heterocycles. The van der Waals surface area contributed by atoms with Crippen molar-refractivity contribution in [2.24, 2.45) is 0 Å². The van der Waals surface area contributed by atoms with E-state index < -0.39 is 0 Å². The van der Waals surface area contributed by atoms with E-state index in [4.69, 9.17) is 4.74 Å². The molecule has 138 valence electrons. The molecule has 1 saturated heterocycles. The van der Waals surface area contributed by atoms with Crippen molar-refractivity contribution in [1.29, 1.82) is 0 Å². The molecule has 0 unspecified atom stereocenters. The van der Waals surface area contributed by atoms with E-state index in [1.807, 2.05) is 35.2 Å². The standard InChI is InChI=1S/C21H21N3O3/c1-27-17-8-6-16(7-9-17)18-19(23-11-2-3-12-23)21(26)24(20(18)25)14-15-5-4-10-22-13-15/h4-10,13H,2-3,11-12,14H2,1H3. The van der Waals surface area contributed by atoms with E-state index in [0.717, 1.165) is 37.1 Å². The van der Waals surface area contributed by atoms with E-state index in [1.165, 1.54) is 4.90 Å². The largest absolute Gasteiger partial charge is 0.497 e. The van der Waals surface area contributed by atoms with Crippen LogP contribution in [0.1, 0.15) is 24.0 Å². The number of pyridine rings is 1. The van der Waals surface area contributed by atoms with Crippen LogP contribution in [0, 0.1) is 0 Å². The zero-order valence-electron chi connectivity index (χ0n) is 15.2. The number of carbonyl (C=O) groups is 2. The fourth-order valence-corrected chi connectivity index (χ4v) is 3.63. The number of rotatable bonds is 5. The lowest BCUT2D eigenvalue weighted by molar-refractivity contribution is -0.138. The second-order valence-electron chi connectivity index (χ2n) is 6.70. The van der Waals surface area contributed by atoms with Crippen LogP contribution in [0.4, 0.5) is 0 Å². The lowest BCUT2D eigenvalue weighted by atomic mass is 10.0. The number of benzene rings is 1. The normalized spacial score (nSPS) is 17.2. The van der Waals surface area contributed by atoms with Gasteiger partial charge in [-0.3, -0.25) is 19.5 Å². The molecule has 0 aliphatic carbocycles. The average molecular weight is 363 g/mol. The summed E-state index contributed by atoms with van der Waals surface area (Å²) in [6.45, 7) is 1.83. The molecule has 1 fully saturated rings. The summed E-state index contributed by atoms with van der Waals surface area (Å²) in [5.41, 5.74) is 2.57. The molecule has 2 aliphatic rings. The first kappa shape index (κ1) is 17.3. The monoisotopic (exact) mass is 363 g/mol. The molecule has 2 amide bonds. The number of hydrogen-bond acceptors (Lipinski definition) is 5. The molecule has 2 aliphatic heterocycles. The van der Waals surface area contributed by atoms with E-state index in [2.05, 4.69) is 4.98 Å². The van der Waals surface area contributed by atoms with Crippen LogP contribution in [0.5, 0.6) is 5.75 Å². The first-order valence-electron chi connectivity index (χ1n) is 9.08. The van der Waals surface area contributed by atoms with E-state index >= 15 is 0 Å². The third kappa shape index (κ3) is 3.18. The fraction of sp³-hybridized carbons (Fsp3) is 0.286. The van der Waals surface area contributed by atoms with Crippen molar-refractivity contribution in [3.63, 3.8) is 0 Å². The number of likely N-dealkylation sites (tertiary alicyclic amines) is 1. The Morgan fingerprint density at radius 1 is 1.04 bits per heavy atom. The van der Waals surface area contributed by atoms with Crippen molar-refractivity contribution < 1.29 is 14.3 Å². The molecule has 3 heterocycles. The summed E-state index contributed by atoms with van der Waals surface area (Å²) < 4.78 is 5.21. The number of amides is 2. The second kappa shape index (κ2) is 7.23. The number of methoxy groups -OCH3 is 1. The molecule has 6 heteroatoms. The van der Waals surface area contributed by atoms with E-state index in [1.54, 1.807) is 25.6 Å². The molecule has 0 spiro atoms. The Labute approximate surface area is 158 Å². The van der Waals surface area contributed by atoms with Gasteiger partial charge in [0, 0.05) is 25.5 Å². The van der Waals surface area contributed by atoms with Crippen molar-refractivity contribution in [3.8, 4) is 5.75 Å². The quantitative estimate of drug-likeness (QED) is 0.764. The number of carbonyl (C=O) groups excluding carboxylic acids is 2. The molecular weight excluding hydrogens is 342 g/mol. The average Bonchev–Trinajstić information content (AvgIpc) is 3.31. The van der Waals surface area contributed by atoms with Gasteiger partial charge in [-0.25, -0.2) is 0 Å². The van der Waals surface area contributed by atoms with Gasteiger partial charge < -0.3 is 9.64 Å². The maximum absolute atomic E-state index is 13.2. The smallest absolute Gasteiger partial charge is 0.278 e. The van der Waals surface area contributed by atoms with Gasteiger partial charge >= 0.3 is 0 Å². The fourth-order valence-electron chi connectivity index (χ4n) is 3.63. The maximum atomic E-state index is 13.2. The van der Waals surface area contributed by atoms with Gasteiger partial charge in [0.2, 0.25) is 0 Å². The highest BCUT2D eigenvalue weighted by Gasteiger charge is 2.42. The summed E-state index contributed by atoms with van der Waals surface area (Å²) >= 11 is 0. The van der Waals surface area contributed by atoms with Crippen LogP contribution in [-0.4, -0.2) is 46.8 Å². The molecule has 27 heavy (non-hydrogen) atoms. The number of hydrogen-bond donors (Lipinski definition) is 0. The van der Waals surface area contributed by atoms with E-state index in [0.29, 0.717) is 17.0 Å². The Bertz CT molecular complexity index is 885. The van der Waals surface area contributed by atoms with Crippen LogP contribution >= 0.6 is 0 Å². The topological polar surface area (TPSA) is 62.7 Å². The highest BCUT2D eigenvalue weighted by molar-refractivity contribution is 6.35. The number of aromatic nitrogens is 1. The second-order valence-corrected chi connectivity index (χ2v) is 6.70. The summed E-state index contributed by atoms with van der Waals surface area (Å²) in [5.74, 6) is 0.235. The molecule has 1 aromatic carbocycles. The zero-order chi connectivity index (χ0) is 18.8. The van der Waals surface area contributed by atoms with Gasteiger partial charge in [0.15, 0.2) is 0 Å². The van der Waals surface area contributed by atoms with Crippen LogP contribution in [0.25, 0.3) is 5.57 Å². The summed E-state index contributed by atoms with van der Waals surface area (Å²) in [7, 11) is 1.60. The number of nitrogens with zero attached hydrogens (tertiary/aromatic N) is 3. The molecule has 0 saturated carbocycles. The molecule has 2 aromatic rings. The number of ether oxygens (including phenoxy) is 1. The van der Waals surface area contributed by atoms with Crippen molar-refractivity contribution in [2.45, 2.75) is 19.4 Å². The lowest BCUT2D eigenvalue weighted by Crippen LogP contribution is -2.34. The Kier molecular flexibility index (Phi) is 4.62. The Morgan fingerprint density at radius 3 is 2.41 bits per heavy atom. The summed E-state index contributed by atoms with van der Waals surface area (Å²) in [5, 5.41) is 0. The van der Waals surface area contributed by atoms with Gasteiger partial charge in [-0.1, -0.05) is 18.2 Å². The highest BCUT2D eigenvalue weighted by atomic mass is 16.5. The predicted molar refractivity (Wildman–Crippen MR) is 101 cm³/mol. The van der Waals surface area contributed by atoms with Crippen molar-refractivity contribution in [1.82, 2.24) is 14.8 Å². The van der Waals surface area contributed by atoms with Crippen molar-refractivity contribution in [2.75, 3.05) is 20.2 Å². The molecule has 0 radical (unpaired) electrons. The first-order valence-corrected chi connectivity index (χ1v) is 9.08. The predicted octanol–water partition coefficient (Wildman–Crippen LogP) is 2.47. The first-order chi connectivity index (χ1) is 13.2. The molecule has 0 bridgehead atoms. The third-order valence-corrected chi connectivity index (χ3v) is 5.01. The Balaban J connectivity index is 1.73. The third-order valence-electron chi connectivity index (χ3n) is 5.01.